The fourth-order valence-electron chi connectivity index (χ4n) is 1.82. The first-order valence-corrected chi connectivity index (χ1v) is 6.54. The van der Waals surface area contributed by atoms with Crippen LogP contribution in [0.1, 0.15) is 29.5 Å². The number of rotatable bonds is 6. The van der Waals surface area contributed by atoms with Gasteiger partial charge in [0.25, 0.3) is 0 Å². The quantitative estimate of drug-likeness (QED) is 0.837. The lowest BCUT2D eigenvalue weighted by molar-refractivity contribution is -0.129. The number of hydrogen-bond acceptors (Lipinski definition) is 2. The highest BCUT2D eigenvalue weighted by molar-refractivity contribution is 5.75. The van der Waals surface area contributed by atoms with Crippen molar-refractivity contribution in [3.8, 4) is 0 Å². The van der Waals surface area contributed by atoms with E-state index in [9.17, 15) is 4.79 Å². The smallest absolute Gasteiger partial charge is 0.222 e. The summed E-state index contributed by atoms with van der Waals surface area (Å²) in [6.07, 6.45) is 2.23. The number of amides is 1. The Labute approximate surface area is 110 Å². The van der Waals surface area contributed by atoms with Crippen LogP contribution in [0, 0.1) is 13.8 Å². The van der Waals surface area contributed by atoms with Crippen molar-refractivity contribution in [1.82, 2.24) is 4.90 Å². The van der Waals surface area contributed by atoms with Crippen LogP contribution in [0.25, 0.3) is 0 Å². The van der Waals surface area contributed by atoms with Crippen molar-refractivity contribution in [2.45, 2.75) is 33.1 Å². The van der Waals surface area contributed by atoms with E-state index in [1.807, 2.05) is 7.05 Å². The van der Waals surface area contributed by atoms with Crippen LogP contribution in [0.3, 0.4) is 0 Å². The van der Waals surface area contributed by atoms with Gasteiger partial charge in [0, 0.05) is 20.0 Å². The van der Waals surface area contributed by atoms with Crippen molar-refractivity contribution in [2.75, 3.05) is 20.1 Å². The Balaban J connectivity index is 2.44. The molecule has 1 aromatic rings. The second-order valence-corrected chi connectivity index (χ2v) is 4.88. The molecular formula is C15H24N2O. The van der Waals surface area contributed by atoms with E-state index >= 15 is 0 Å². The van der Waals surface area contributed by atoms with Crippen LogP contribution in [0.2, 0.25) is 0 Å². The predicted molar refractivity (Wildman–Crippen MR) is 75.5 cm³/mol. The van der Waals surface area contributed by atoms with E-state index in [4.69, 9.17) is 5.73 Å². The Morgan fingerprint density at radius 3 is 2.61 bits per heavy atom. The van der Waals surface area contributed by atoms with Gasteiger partial charge >= 0.3 is 0 Å². The van der Waals surface area contributed by atoms with E-state index in [2.05, 4.69) is 32.0 Å². The van der Waals surface area contributed by atoms with E-state index in [1.165, 1.54) is 16.7 Å². The molecule has 0 aromatic heterocycles. The van der Waals surface area contributed by atoms with Crippen molar-refractivity contribution in [3.05, 3.63) is 34.9 Å². The molecule has 2 N–H and O–H groups in total. The van der Waals surface area contributed by atoms with Crippen molar-refractivity contribution in [2.24, 2.45) is 5.73 Å². The number of hydrogen-bond donors (Lipinski definition) is 1. The molecule has 0 saturated heterocycles. The van der Waals surface area contributed by atoms with Gasteiger partial charge in [0.1, 0.15) is 0 Å². The summed E-state index contributed by atoms with van der Waals surface area (Å²) in [5.74, 6) is 0.185. The molecule has 0 heterocycles. The first kappa shape index (κ1) is 14.7. The highest BCUT2D eigenvalue weighted by atomic mass is 16.2. The van der Waals surface area contributed by atoms with Gasteiger partial charge in [-0.25, -0.2) is 0 Å². The molecule has 0 saturated carbocycles. The van der Waals surface area contributed by atoms with Crippen LogP contribution >= 0.6 is 0 Å². The van der Waals surface area contributed by atoms with Crippen LogP contribution < -0.4 is 5.73 Å². The standard InChI is InChI=1S/C15H24N2O/c1-12-6-7-14(11-13(12)2)8-10-17(3)15(18)5-4-9-16/h6-7,11H,4-5,8-10,16H2,1-3H3. The van der Waals surface area contributed by atoms with Gasteiger partial charge in [-0.2, -0.15) is 0 Å². The lowest BCUT2D eigenvalue weighted by atomic mass is 10.0. The van der Waals surface area contributed by atoms with Crippen LogP contribution in [0.15, 0.2) is 18.2 Å². The van der Waals surface area contributed by atoms with Gasteiger partial charge in [-0.05, 0) is 49.9 Å². The molecule has 0 aliphatic heterocycles. The zero-order valence-corrected chi connectivity index (χ0v) is 11.7. The molecule has 1 aromatic carbocycles. The summed E-state index contributed by atoms with van der Waals surface area (Å²) in [5.41, 5.74) is 9.31. The number of aryl methyl sites for hydroxylation is 2. The summed E-state index contributed by atoms with van der Waals surface area (Å²) in [6.45, 7) is 5.58. The molecule has 0 aliphatic carbocycles. The first-order chi connectivity index (χ1) is 8.54. The largest absolute Gasteiger partial charge is 0.345 e. The van der Waals surface area contributed by atoms with Gasteiger partial charge in [-0.3, -0.25) is 4.79 Å². The molecule has 0 aliphatic rings. The minimum atomic E-state index is 0.185. The Bertz CT molecular complexity index is 401. The molecule has 3 heteroatoms. The van der Waals surface area contributed by atoms with Crippen molar-refractivity contribution >= 4 is 5.91 Å². The molecule has 0 bridgehead atoms. The molecule has 0 unspecified atom stereocenters. The predicted octanol–water partition coefficient (Wildman–Crippen LogP) is 2.04. The summed E-state index contributed by atoms with van der Waals surface area (Å²) in [5, 5.41) is 0. The van der Waals surface area contributed by atoms with Crippen molar-refractivity contribution < 1.29 is 4.79 Å². The maximum Gasteiger partial charge on any atom is 0.222 e. The number of carbonyl (C=O) groups is 1. The summed E-state index contributed by atoms with van der Waals surface area (Å²) in [7, 11) is 1.86. The fraction of sp³-hybridized carbons (Fsp3) is 0.533. The zero-order valence-electron chi connectivity index (χ0n) is 11.7. The molecule has 100 valence electrons. The monoisotopic (exact) mass is 248 g/mol. The van der Waals surface area contributed by atoms with Gasteiger partial charge in [-0.1, -0.05) is 18.2 Å². The third-order valence-corrected chi connectivity index (χ3v) is 3.33. The Morgan fingerprint density at radius 1 is 1.28 bits per heavy atom. The Kier molecular flexibility index (Phi) is 5.86. The van der Waals surface area contributed by atoms with Gasteiger partial charge in [0.05, 0.1) is 0 Å². The third-order valence-electron chi connectivity index (χ3n) is 3.33. The maximum atomic E-state index is 11.7. The fourth-order valence-corrected chi connectivity index (χ4v) is 1.82. The number of carbonyl (C=O) groups excluding carboxylic acids is 1. The molecular weight excluding hydrogens is 224 g/mol. The maximum absolute atomic E-state index is 11.7. The SMILES string of the molecule is Cc1ccc(CCN(C)C(=O)CCCN)cc1C. The minimum Gasteiger partial charge on any atom is -0.345 e. The normalized spacial score (nSPS) is 10.4. The summed E-state index contributed by atoms with van der Waals surface area (Å²) >= 11 is 0. The number of benzene rings is 1. The number of likely N-dealkylation sites (N-methyl/N-ethyl adjacent to an activating group) is 1. The van der Waals surface area contributed by atoms with Crippen LogP contribution in [-0.2, 0) is 11.2 Å². The van der Waals surface area contributed by atoms with Crippen molar-refractivity contribution in [3.63, 3.8) is 0 Å². The first-order valence-electron chi connectivity index (χ1n) is 6.54. The Morgan fingerprint density at radius 2 is 2.00 bits per heavy atom. The second-order valence-electron chi connectivity index (χ2n) is 4.88. The Hall–Kier alpha value is -1.35. The average molecular weight is 248 g/mol. The molecule has 0 fully saturated rings. The number of nitrogens with two attached hydrogens (primary N) is 1. The van der Waals surface area contributed by atoms with E-state index in [-0.39, 0.29) is 5.91 Å². The summed E-state index contributed by atoms with van der Waals surface area (Å²) in [4.78, 5) is 13.5. The van der Waals surface area contributed by atoms with Gasteiger partial charge in [-0.15, -0.1) is 0 Å². The molecule has 0 radical (unpaired) electrons. The number of nitrogens with zero attached hydrogens (tertiary/aromatic N) is 1. The molecule has 0 spiro atoms. The zero-order chi connectivity index (χ0) is 13.5. The topological polar surface area (TPSA) is 46.3 Å². The minimum absolute atomic E-state index is 0.185. The van der Waals surface area contributed by atoms with Crippen LogP contribution in [-0.4, -0.2) is 30.9 Å². The third kappa shape index (κ3) is 4.49. The van der Waals surface area contributed by atoms with Gasteiger partial charge < -0.3 is 10.6 Å². The van der Waals surface area contributed by atoms with Crippen molar-refractivity contribution in [1.29, 1.82) is 0 Å². The van der Waals surface area contributed by atoms with E-state index in [1.54, 1.807) is 4.90 Å². The summed E-state index contributed by atoms with van der Waals surface area (Å²) in [6, 6.07) is 6.48. The second kappa shape index (κ2) is 7.17. The molecule has 1 rings (SSSR count). The molecule has 1 amide bonds. The highest BCUT2D eigenvalue weighted by Crippen LogP contribution is 2.10. The van der Waals surface area contributed by atoms with E-state index < -0.39 is 0 Å². The van der Waals surface area contributed by atoms with Crippen LogP contribution in [0.5, 0.6) is 0 Å². The molecule has 3 nitrogen and oxygen atoms in total. The van der Waals surface area contributed by atoms with Crippen LogP contribution in [0.4, 0.5) is 0 Å². The highest BCUT2D eigenvalue weighted by Gasteiger charge is 2.07. The molecule has 18 heavy (non-hydrogen) atoms. The lowest BCUT2D eigenvalue weighted by Gasteiger charge is -2.17. The molecule has 0 atom stereocenters. The van der Waals surface area contributed by atoms with E-state index in [0.29, 0.717) is 13.0 Å². The van der Waals surface area contributed by atoms with E-state index in [0.717, 1.165) is 19.4 Å². The summed E-state index contributed by atoms with van der Waals surface area (Å²) < 4.78 is 0. The average Bonchev–Trinajstić information content (AvgIpc) is 2.36. The van der Waals surface area contributed by atoms with Gasteiger partial charge in [0.2, 0.25) is 5.91 Å². The lowest BCUT2D eigenvalue weighted by Crippen LogP contribution is -2.29. The van der Waals surface area contributed by atoms with Gasteiger partial charge in [0.15, 0.2) is 0 Å².